The van der Waals surface area contributed by atoms with Crippen molar-refractivity contribution in [1.82, 2.24) is 25.4 Å². The van der Waals surface area contributed by atoms with Gasteiger partial charge >= 0.3 is 0 Å². The van der Waals surface area contributed by atoms with Crippen LogP contribution < -0.4 is 10.6 Å². The Labute approximate surface area is 94.4 Å². The van der Waals surface area contributed by atoms with Crippen molar-refractivity contribution in [3.05, 3.63) is 12.2 Å². The van der Waals surface area contributed by atoms with E-state index in [0.29, 0.717) is 19.1 Å². The lowest BCUT2D eigenvalue weighted by atomic mass is 10.5. The highest BCUT2D eigenvalue weighted by Crippen LogP contribution is 2.18. The number of aromatic nitrogens is 3. The standard InChI is InChI=1S/C10H17N5O/c1-2-15-9(12-7-13-15)5-11-6-10(16)14-8-3-4-8/h7-8,11H,2-6H2,1H3,(H,14,16). The van der Waals surface area contributed by atoms with Crippen LogP contribution in [0.2, 0.25) is 0 Å². The van der Waals surface area contributed by atoms with E-state index in [-0.39, 0.29) is 5.91 Å². The van der Waals surface area contributed by atoms with Crippen LogP contribution in [0.5, 0.6) is 0 Å². The predicted molar refractivity (Wildman–Crippen MR) is 58.6 cm³/mol. The van der Waals surface area contributed by atoms with Crippen LogP contribution >= 0.6 is 0 Å². The molecule has 1 heterocycles. The zero-order valence-corrected chi connectivity index (χ0v) is 9.44. The molecule has 2 N–H and O–H groups in total. The molecule has 1 aromatic heterocycles. The molecule has 1 saturated carbocycles. The SMILES string of the molecule is CCn1ncnc1CNCC(=O)NC1CC1. The average molecular weight is 223 g/mol. The Kier molecular flexibility index (Phi) is 3.51. The number of carbonyl (C=O) groups excluding carboxylic acids is 1. The molecule has 16 heavy (non-hydrogen) atoms. The van der Waals surface area contributed by atoms with Gasteiger partial charge in [0, 0.05) is 12.6 Å². The van der Waals surface area contributed by atoms with E-state index in [4.69, 9.17) is 0 Å². The quantitative estimate of drug-likeness (QED) is 0.692. The van der Waals surface area contributed by atoms with E-state index in [1.165, 1.54) is 6.33 Å². The highest BCUT2D eigenvalue weighted by Gasteiger charge is 2.22. The van der Waals surface area contributed by atoms with Gasteiger partial charge in [0.1, 0.15) is 12.2 Å². The molecule has 0 atom stereocenters. The number of rotatable bonds is 6. The molecule has 1 aromatic rings. The molecule has 88 valence electrons. The van der Waals surface area contributed by atoms with Gasteiger partial charge < -0.3 is 10.6 Å². The molecule has 1 amide bonds. The summed E-state index contributed by atoms with van der Waals surface area (Å²) >= 11 is 0. The maximum Gasteiger partial charge on any atom is 0.234 e. The Balaban J connectivity index is 1.68. The fraction of sp³-hybridized carbons (Fsp3) is 0.700. The van der Waals surface area contributed by atoms with Crippen LogP contribution in [0.3, 0.4) is 0 Å². The van der Waals surface area contributed by atoms with Crippen LogP contribution in [-0.2, 0) is 17.9 Å². The van der Waals surface area contributed by atoms with E-state index < -0.39 is 0 Å². The Bertz CT molecular complexity index is 358. The van der Waals surface area contributed by atoms with Crippen LogP contribution in [0.4, 0.5) is 0 Å². The number of nitrogens with one attached hydrogen (secondary N) is 2. The van der Waals surface area contributed by atoms with Crippen molar-refractivity contribution in [3.63, 3.8) is 0 Å². The fourth-order valence-electron chi connectivity index (χ4n) is 1.48. The summed E-state index contributed by atoms with van der Waals surface area (Å²) in [6.45, 7) is 3.72. The molecule has 1 aliphatic carbocycles. The summed E-state index contributed by atoms with van der Waals surface area (Å²) < 4.78 is 1.81. The summed E-state index contributed by atoms with van der Waals surface area (Å²) in [5.41, 5.74) is 0. The number of carbonyl (C=O) groups is 1. The summed E-state index contributed by atoms with van der Waals surface area (Å²) in [5.74, 6) is 0.923. The summed E-state index contributed by atoms with van der Waals surface area (Å²) in [5, 5.41) is 10.0. The molecule has 0 aliphatic heterocycles. The lowest BCUT2D eigenvalue weighted by Crippen LogP contribution is -2.35. The van der Waals surface area contributed by atoms with Gasteiger partial charge in [-0.05, 0) is 19.8 Å². The first-order valence-electron chi connectivity index (χ1n) is 5.66. The minimum absolute atomic E-state index is 0.0602. The van der Waals surface area contributed by atoms with Gasteiger partial charge in [-0.1, -0.05) is 0 Å². The van der Waals surface area contributed by atoms with Crippen molar-refractivity contribution >= 4 is 5.91 Å². The van der Waals surface area contributed by atoms with Gasteiger partial charge in [0.2, 0.25) is 5.91 Å². The summed E-state index contributed by atoms with van der Waals surface area (Å²) in [4.78, 5) is 15.5. The van der Waals surface area contributed by atoms with Crippen LogP contribution in [-0.4, -0.2) is 33.3 Å². The van der Waals surface area contributed by atoms with Gasteiger partial charge in [0.15, 0.2) is 0 Å². The average Bonchev–Trinajstić information content (AvgIpc) is 2.96. The Morgan fingerprint density at radius 3 is 3.12 bits per heavy atom. The molecule has 0 unspecified atom stereocenters. The third kappa shape index (κ3) is 3.03. The largest absolute Gasteiger partial charge is 0.352 e. The molecule has 1 aliphatic rings. The van der Waals surface area contributed by atoms with Crippen molar-refractivity contribution in [3.8, 4) is 0 Å². The van der Waals surface area contributed by atoms with Crippen molar-refractivity contribution in [1.29, 1.82) is 0 Å². The van der Waals surface area contributed by atoms with E-state index in [2.05, 4.69) is 20.7 Å². The normalized spacial score (nSPS) is 15.1. The van der Waals surface area contributed by atoms with Gasteiger partial charge in [-0.25, -0.2) is 9.67 Å². The lowest BCUT2D eigenvalue weighted by Gasteiger charge is -2.05. The minimum Gasteiger partial charge on any atom is -0.352 e. The molecular formula is C10H17N5O. The van der Waals surface area contributed by atoms with Crippen LogP contribution in [0, 0.1) is 0 Å². The van der Waals surface area contributed by atoms with Crippen molar-refractivity contribution in [2.45, 2.75) is 38.9 Å². The number of amides is 1. The zero-order chi connectivity index (χ0) is 11.4. The molecule has 0 radical (unpaired) electrons. The van der Waals surface area contributed by atoms with Crippen molar-refractivity contribution in [2.24, 2.45) is 0 Å². The first kappa shape index (κ1) is 11.1. The third-order valence-corrected chi connectivity index (χ3v) is 2.51. The molecule has 0 spiro atoms. The summed E-state index contributed by atoms with van der Waals surface area (Å²) in [6.07, 6.45) is 3.77. The highest BCUT2D eigenvalue weighted by atomic mass is 16.2. The van der Waals surface area contributed by atoms with E-state index in [0.717, 1.165) is 25.2 Å². The molecule has 0 bridgehead atoms. The Hall–Kier alpha value is -1.43. The second kappa shape index (κ2) is 5.07. The molecular weight excluding hydrogens is 206 g/mol. The van der Waals surface area contributed by atoms with Gasteiger partial charge in [-0.15, -0.1) is 0 Å². The van der Waals surface area contributed by atoms with Crippen LogP contribution in [0.15, 0.2) is 6.33 Å². The van der Waals surface area contributed by atoms with E-state index >= 15 is 0 Å². The minimum atomic E-state index is 0.0602. The molecule has 6 nitrogen and oxygen atoms in total. The number of nitrogens with zero attached hydrogens (tertiary/aromatic N) is 3. The molecule has 6 heteroatoms. The van der Waals surface area contributed by atoms with Gasteiger partial charge in [0.25, 0.3) is 0 Å². The van der Waals surface area contributed by atoms with E-state index in [1.807, 2.05) is 11.6 Å². The highest BCUT2D eigenvalue weighted by molar-refractivity contribution is 5.78. The van der Waals surface area contributed by atoms with Gasteiger partial charge in [0.05, 0.1) is 13.1 Å². The first-order valence-corrected chi connectivity index (χ1v) is 5.66. The molecule has 1 fully saturated rings. The monoisotopic (exact) mass is 223 g/mol. The topological polar surface area (TPSA) is 71.8 Å². The predicted octanol–water partition coefficient (Wildman–Crippen LogP) is -0.334. The lowest BCUT2D eigenvalue weighted by molar-refractivity contribution is -0.120. The van der Waals surface area contributed by atoms with Crippen molar-refractivity contribution in [2.75, 3.05) is 6.54 Å². The van der Waals surface area contributed by atoms with Gasteiger partial charge in [-0.3, -0.25) is 4.79 Å². The Morgan fingerprint density at radius 2 is 2.44 bits per heavy atom. The molecule has 0 aromatic carbocycles. The van der Waals surface area contributed by atoms with Crippen LogP contribution in [0.1, 0.15) is 25.6 Å². The first-order chi connectivity index (χ1) is 7.79. The number of aryl methyl sites for hydroxylation is 1. The van der Waals surface area contributed by atoms with E-state index in [1.54, 1.807) is 0 Å². The van der Waals surface area contributed by atoms with Crippen molar-refractivity contribution < 1.29 is 4.79 Å². The zero-order valence-electron chi connectivity index (χ0n) is 9.44. The maximum atomic E-state index is 11.4. The number of hydrogen-bond acceptors (Lipinski definition) is 4. The smallest absolute Gasteiger partial charge is 0.234 e. The number of hydrogen-bond donors (Lipinski definition) is 2. The molecule has 2 rings (SSSR count). The summed E-state index contributed by atoms with van der Waals surface area (Å²) in [7, 11) is 0. The maximum absolute atomic E-state index is 11.4. The second-order valence-corrected chi connectivity index (χ2v) is 3.94. The van der Waals surface area contributed by atoms with E-state index in [9.17, 15) is 4.79 Å². The van der Waals surface area contributed by atoms with Crippen LogP contribution in [0.25, 0.3) is 0 Å². The third-order valence-electron chi connectivity index (χ3n) is 2.51. The Morgan fingerprint density at radius 1 is 1.62 bits per heavy atom. The van der Waals surface area contributed by atoms with Gasteiger partial charge in [-0.2, -0.15) is 5.10 Å². The fourth-order valence-corrected chi connectivity index (χ4v) is 1.48. The second-order valence-electron chi connectivity index (χ2n) is 3.94. The summed E-state index contributed by atoms with van der Waals surface area (Å²) in [6, 6.07) is 0.425. The molecule has 0 saturated heterocycles.